The molecule has 1 unspecified atom stereocenters. The number of nitrogens with one attached hydrogen (secondary N) is 1. The lowest BCUT2D eigenvalue weighted by Gasteiger charge is -2.37. The summed E-state index contributed by atoms with van der Waals surface area (Å²) in [5.41, 5.74) is 1.73. The molecular weight excluding hydrogens is 430 g/mol. The number of nitrogens with zero attached hydrogens (tertiary/aromatic N) is 2. The first-order valence-electron chi connectivity index (χ1n) is 8.76. The van der Waals surface area contributed by atoms with Crippen LogP contribution in [0.1, 0.15) is 18.5 Å². The molecule has 0 aromatic heterocycles. The largest absolute Gasteiger partial charge is 0.497 e. The first-order chi connectivity index (χ1) is 14.3. The monoisotopic (exact) mass is 447 g/mol. The van der Waals surface area contributed by atoms with Crippen LogP contribution in [0.15, 0.2) is 53.7 Å². The fraction of sp³-hybridized carbons (Fsp3) is 0.200. The van der Waals surface area contributed by atoms with Crippen molar-refractivity contribution in [2.24, 2.45) is 0 Å². The Morgan fingerprint density at radius 2 is 1.90 bits per heavy atom. The van der Waals surface area contributed by atoms with Crippen LogP contribution in [0, 0.1) is 10.1 Å². The van der Waals surface area contributed by atoms with Crippen molar-refractivity contribution in [3.05, 3.63) is 74.4 Å². The van der Waals surface area contributed by atoms with Gasteiger partial charge < -0.3 is 14.8 Å². The molecule has 1 aliphatic rings. The lowest BCUT2D eigenvalue weighted by molar-refractivity contribution is -0.384. The number of nitro benzene ring substituents is 1. The Kier molecular flexibility index (Phi) is 6.23. The van der Waals surface area contributed by atoms with Gasteiger partial charge in [-0.05, 0) is 55.0 Å². The standard InChI is InChI=1S/C20H18ClN3O5S/c1-11-17(19(25)29-3)18(12-4-9-15(21)16(10-12)24(26)27)22-20(30)23(11)13-5-7-14(28-2)8-6-13/h4-10,18H,1-3H3,(H,22,30). The number of rotatable bonds is 5. The molecule has 30 heavy (non-hydrogen) atoms. The molecule has 8 nitrogen and oxygen atoms in total. The number of hydrogen-bond acceptors (Lipinski definition) is 6. The molecule has 1 heterocycles. The van der Waals surface area contributed by atoms with Crippen molar-refractivity contribution >= 4 is 46.3 Å². The summed E-state index contributed by atoms with van der Waals surface area (Å²) in [6, 6.07) is 10.8. The highest BCUT2D eigenvalue weighted by molar-refractivity contribution is 7.80. The predicted molar refractivity (Wildman–Crippen MR) is 117 cm³/mol. The van der Waals surface area contributed by atoms with Crippen molar-refractivity contribution in [3.8, 4) is 5.75 Å². The number of esters is 1. The first-order valence-corrected chi connectivity index (χ1v) is 9.54. The quantitative estimate of drug-likeness (QED) is 0.316. The van der Waals surface area contributed by atoms with E-state index in [-0.39, 0.29) is 16.3 Å². The van der Waals surface area contributed by atoms with E-state index >= 15 is 0 Å². The van der Waals surface area contributed by atoms with Gasteiger partial charge in [0, 0.05) is 17.5 Å². The van der Waals surface area contributed by atoms with Crippen LogP contribution in [-0.4, -0.2) is 30.2 Å². The molecule has 156 valence electrons. The number of benzene rings is 2. The van der Waals surface area contributed by atoms with E-state index in [1.54, 1.807) is 49.3 Å². The maximum absolute atomic E-state index is 12.7. The summed E-state index contributed by atoms with van der Waals surface area (Å²) in [7, 11) is 2.84. The van der Waals surface area contributed by atoms with Gasteiger partial charge in [-0.3, -0.25) is 15.0 Å². The molecule has 0 spiro atoms. The van der Waals surface area contributed by atoms with Crippen LogP contribution in [-0.2, 0) is 9.53 Å². The molecular formula is C20H18ClN3O5S. The highest BCUT2D eigenvalue weighted by Gasteiger charge is 2.36. The number of nitro groups is 1. The molecule has 2 aromatic carbocycles. The SMILES string of the molecule is COC(=O)C1=C(C)N(c2ccc(OC)cc2)C(=S)NC1c1ccc(Cl)c([N+](=O)[O-])c1. The van der Waals surface area contributed by atoms with Gasteiger partial charge >= 0.3 is 5.97 Å². The summed E-state index contributed by atoms with van der Waals surface area (Å²) in [5.74, 6) is 0.0967. The van der Waals surface area contributed by atoms with Crippen molar-refractivity contribution in [3.63, 3.8) is 0 Å². The number of carbonyl (C=O) groups excluding carboxylic acids is 1. The molecule has 0 amide bonds. The zero-order valence-electron chi connectivity index (χ0n) is 16.3. The van der Waals surface area contributed by atoms with Gasteiger partial charge in [0.25, 0.3) is 5.69 Å². The number of anilines is 1. The average molecular weight is 448 g/mol. The van der Waals surface area contributed by atoms with Crippen LogP contribution in [0.2, 0.25) is 5.02 Å². The van der Waals surface area contributed by atoms with Gasteiger partial charge in [0.05, 0.1) is 30.8 Å². The summed E-state index contributed by atoms with van der Waals surface area (Å²) >= 11 is 11.5. The van der Waals surface area contributed by atoms with Gasteiger partial charge in [-0.1, -0.05) is 17.7 Å². The summed E-state index contributed by atoms with van der Waals surface area (Å²) in [6.45, 7) is 1.74. The zero-order valence-corrected chi connectivity index (χ0v) is 17.9. The van der Waals surface area contributed by atoms with Crippen LogP contribution in [0.3, 0.4) is 0 Å². The van der Waals surface area contributed by atoms with Crippen molar-refractivity contribution in [1.29, 1.82) is 0 Å². The van der Waals surface area contributed by atoms with Gasteiger partial charge in [-0.25, -0.2) is 4.79 Å². The number of methoxy groups -OCH3 is 2. The summed E-state index contributed by atoms with van der Waals surface area (Å²) in [4.78, 5) is 25.1. The van der Waals surface area contributed by atoms with Gasteiger partial charge in [-0.2, -0.15) is 0 Å². The minimum absolute atomic E-state index is 0.00214. The second kappa shape index (κ2) is 8.68. The van der Waals surface area contributed by atoms with E-state index in [2.05, 4.69) is 5.32 Å². The van der Waals surface area contributed by atoms with E-state index in [0.29, 0.717) is 27.8 Å². The molecule has 0 fully saturated rings. The maximum Gasteiger partial charge on any atom is 0.337 e. The van der Waals surface area contributed by atoms with Crippen LogP contribution < -0.4 is 15.0 Å². The molecule has 0 saturated heterocycles. The van der Waals surface area contributed by atoms with Crippen molar-refractivity contribution in [2.75, 3.05) is 19.1 Å². The van der Waals surface area contributed by atoms with Gasteiger partial charge in [0.2, 0.25) is 0 Å². The third kappa shape index (κ3) is 3.94. The van der Waals surface area contributed by atoms with Crippen LogP contribution in [0.25, 0.3) is 0 Å². The fourth-order valence-corrected chi connectivity index (χ4v) is 3.81. The topological polar surface area (TPSA) is 93.9 Å². The van der Waals surface area contributed by atoms with Crippen LogP contribution in [0.4, 0.5) is 11.4 Å². The normalized spacial score (nSPS) is 16.2. The Labute approximate surface area is 183 Å². The maximum atomic E-state index is 12.7. The molecule has 2 aromatic rings. The average Bonchev–Trinajstić information content (AvgIpc) is 2.73. The van der Waals surface area contributed by atoms with Gasteiger partial charge in [0.15, 0.2) is 5.11 Å². The van der Waals surface area contributed by atoms with Gasteiger partial charge in [0.1, 0.15) is 10.8 Å². The molecule has 0 aliphatic carbocycles. The molecule has 0 bridgehead atoms. The molecule has 1 aliphatic heterocycles. The molecule has 0 saturated carbocycles. The van der Waals surface area contributed by atoms with E-state index in [0.717, 1.165) is 0 Å². The van der Waals surface area contributed by atoms with E-state index in [9.17, 15) is 14.9 Å². The molecule has 1 N–H and O–H groups in total. The number of allylic oxidation sites excluding steroid dienone is 1. The second-order valence-corrected chi connectivity index (χ2v) is 7.17. The molecule has 1 atom stereocenters. The highest BCUT2D eigenvalue weighted by atomic mass is 35.5. The Morgan fingerprint density at radius 1 is 1.23 bits per heavy atom. The van der Waals surface area contributed by atoms with E-state index in [4.69, 9.17) is 33.3 Å². The Balaban J connectivity index is 2.13. The Morgan fingerprint density at radius 3 is 2.47 bits per heavy atom. The van der Waals surface area contributed by atoms with Crippen LogP contribution >= 0.6 is 23.8 Å². The number of halogens is 1. The van der Waals surface area contributed by atoms with E-state index in [1.807, 2.05) is 0 Å². The molecule has 0 radical (unpaired) electrons. The number of carbonyl (C=O) groups is 1. The van der Waals surface area contributed by atoms with Gasteiger partial charge in [-0.15, -0.1) is 0 Å². The minimum Gasteiger partial charge on any atom is -0.497 e. The first kappa shape index (κ1) is 21.5. The van der Waals surface area contributed by atoms with Crippen molar-refractivity contribution in [1.82, 2.24) is 5.32 Å². The Hall–Kier alpha value is -3.17. The third-order valence-corrected chi connectivity index (χ3v) is 5.34. The van der Waals surface area contributed by atoms with Crippen LogP contribution in [0.5, 0.6) is 5.75 Å². The van der Waals surface area contributed by atoms with E-state index in [1.165, 1.54) is 19.2 Å². The number of ether oxygens (including phenoxy) is 2. The minimum atomic E-state index is -0.740. The lowest BCUT2D eigenvalue weighted by Crippen LogP contribution is -2.48. The Bertz CT molecular complexity index is 1050. The summed E-state index contributed by atoms with van der Waals surface area (Å²) in [5, 5.41) is 14.7. The number of thiocarbonyl (C=S) groups is 1. The summed E-state index contributed by atoms with van der Waals surface area (Å²) in [6.07, 6.45) is 0. The molecule has 10 heteroatoms. The predicted octanol–water partition coefficient (Wildman–Crippen LogP) is 4.14. The van der Waals surface area contributed by atoms with Crippen molar-refractivity contribution < 1.29 is 19.2 Å². The molecule has 3 rings (SSSR count). The third-order valence-electron chi connectivity index (χ3n) is 4.72. The lowest BCUT2D eigenvalue weighted by atomic mass is 9.94. The second-order valence-electron chi connectivity index (χ2n) is 6.37. The number of hydrogen-bond donors (Lipinski definition) is 1. The fourth-order valence-electron chi connectivity index (χ4n) is 3.26. The van der Waals surface area contributed by atoms with Crippen molar-refractivity contribution in [2.45, 2.75) is 13.0 Å². The highest BCUT2D eigenvalue weighted by Crippen LogP contribution is 2.37. The zero-order chi connectivity index (χ0) is 22.0. The summed E-state index contributed by atoms with van der Waals surface area (Å²) < 4.78 is 10.2. The smallest absolute Gasteiger partial charge is 0.337 e. The van der Waals surface area contributed by atoms with E-state index < -0.39 is 16.9 Å².